The highest BCUT2D eigenvalue weighted by atomic mass is 19.4. The Morgan fingerprint density at radius 3 is 2.24 bits per heavy atom. The van der Waals surface area contributed by atoms with Crippen molar-refractivity contribution in [1.82, 2.24) is 10.3 Å². The summed E-state index contributed by atoms with van der Waals surface area (Å²) in [5, 5.41) is 2.41. The predicted molar refractivity (Wildman–Crippen MR) is 95.6 cm³/mol. The fourth-order valence-corrected chi connectivity index (χ4v) is 2.70. The summed E-state index contributed by atoms with van der Waals surface area (Å²) in [5.41, 5.74) is 0.825. The molecule has 1 aliphatic heterocycles. The van der Waals surface area contributed by atoms with Crippen LogP contribution in [0.4, 0.5) is 26.3 Å². The van der Waals surface area contributed by atoms with E-state index < -0.39 is 42.7 Å². The molecular weight excluding hydrogens is 466 g/mol. The number of aromatic nitrogens is 1. The quantitative estimate of drug-likeness (QED) is 0.405. The number of carbonyl (C=O) groups excluding carboxylic acids is 2. The van der Waals surface area contributed by atoms with Crippen LogP contribution in [0.1, 0.15) is 5.56 Å². The van der Waals surface area contributed by atoms with Crippen LogP contribution in [0.3, 0.4) is 0 Å². The number of methoxy groups -OCH3 is 1. The van der Waals surface area contributed by atoms with E-state index in [1.54, 1.807) is 24.3 Å². The molecule has 0 spiro atoms. The van der Waals surface area contributed by atoms with E-state index in [9.17, 15) is 35.9 Å². The van der Waals surface area contributed by atoms with Crippen molar-refractivity contribution in [2.24, 2.45) is 0 Å². The van der Waals surface area contributed by atoms with Crippen molar-refractivity contribution in [2.45, 2.75) is 24.9 Å². The van der Waals surface area contributed by atoms with Crippen molar-refractivity contribution >= 4 is 11.9 Å². The zero-order valence-electron chi connectivity index (χ0n) is 16.5. The molecule has 0 radical (unpaired) electrons. The summed E-state index contributed by atoms with van der Waals surface area (Å²) in [6.07, 6.45) is -11.2. The Labute approximate surface area is 181 Å². The van der Waals surface area contributed by atoms with Crippen LogP contribution in [-0.2, 0) is 25.6 Å². The van der Waals surface area contributed by atoms with Gasteiger partial charge in [0, 0.05) is 17.7 Å². The van der Waals surface area contributed by atoms with Crippen LogP contribution in [0.25, 0.3) is 11.3 Å². The number of pyridine rings is 1. The second kappa shape index (κ2) is 8.77. The topological polar surface area (TPSA) is 96.0 Å². The van der Waals surface area contributed by atoms with Crippen LogP contribution in [0, 0.1) is 0 Å². The Morgan fingerprint density at radius 1 is 1.03 bits per heavy atom. The lowest BCUT2D eigenvalue weighted by molar-refractivity contribution is -0.331. The molecular formula is C19H14F6N2O6. The van der Waals surface area contributed by atoms with E-state index in [1.807, 2.05) is 0 Å². The molecule has 0 unspecified atom stereocenters. The molecule has 3 rings (SSSR count). The third kappa shape index (κ3) is 5.63. The minimum Gasteiger partial charge on any atom is -0.497 e. The van der Waals surface area contributed by atoms with Crippen LogP contribution in [0.2, 0.25) is 0 Å². The number of esters is 2. The Bertz CT molecular complexity index is 1030. The number of carbonyl (C=O) groups is 2. The number of benzene rings is 1. The number of ether oxygens (including phenoxy) is 4. The molecule has 1 aromatic heterocycles. The maximum absolute atomic E-state index is 12.8. The molecule has 1 N–H and O–H groups in total. The number of halogens is 6. The summed E-state index contributed by atoms with van der Waals surface area (Å²) in [6.45, 7) is -1.23. The molecule has 1 aliphatic rings. The maximum Gasteiger partial charge on any atom is 0.491 e. The van der Waals surface area contributed by atoms with E-state index in [-0.39, 0.29) is 17.8 Å². The second-order valence-corrected chi connectivity index (χ2v) is 6.56. The Kier molecular flexibility index (Phi) is 6.40. The number of hydrogen-bond acceptors (Lipinski definition) is 8. The average Bonchev–Trinajstić information content (AvgIpc) is 2.90. The van der Waals surface area contributed by atoms with Gasteiger partial charge in [0.25, 0.3) is 0 Å². The number of nitrogens with zero attached hydrogens (tertiary/aromatic N) is 1. The molecule has 0 fully saturated rings. The lowest BCUT2D eigenvalue weighted by Crippen LogP contribution is -2.55. The third-order valence-corrected chi connectivity index (χ3v) is 4.17. The highest BCUT2D eigenvalue weighted by Gasteiger charge is 2.55. The first kappa shape index (κ1) is 24.1. The zero-order chi connectivity index (χ0) is 24.4. The molecule has 33 heavy (non-hydrogen) atoms. The van der Waals surface area contributed by atoms with Gasteiger partial charge in [-0.1, -0.05) is 18.2 Å². The Balaban J connectivity index is 2.03. The van der Waals surface area contributed by atoms with Crippen LogP contribution in [-0.4, -0.2) is 48.9 Å². The van der Waals surface area contributed by atoms with E-state index in [0.717, 1.165) is 0 Å². The SMILES string of the molecule is COc1cccc(-c2ccc3c(n2)OC(OC(=O)C(F)(F)F)(OC(=O)C(F)(F)F)CNC3)c1. The molecule has 1 aromatic carbocycles. The summed E-state index contributed by atoms with van der Waals surface area (Å²) in [6, 6.07) is 9.35. The van der Waals surface area contributed by atoms with Gasteiger partial charge in [0.15, 0.2) is 0 Å². The van der Waals surface area contributed by atoms with Gasteiger partial charge in [-0.05, 0) is 18.2 Å². The molecule has 2 aromatic rings. The highest BCUT2D eigenvalue weighted by molar-refractivity contribution is 5.78. The molecule has 0 saturated heterocycles. The fraction of sp³-hybridized carbons (Fsp3) is 0.316. The van der Waals surface area contributed by atoms with Crippen LogP contribution in [0.15, 0.2) is 36.4 Å². The molecule has 0 atom stereocenters. The van der Waals surface area contributed by atoms with E-state index >= 15 is 0 Å². The third-order valence-electron chi connectivity index (χ3n) is 4.17. The van der Waals surface area contributed by atoms with Gasteiger partial charge in [-0.15, -0.1) is 0 Å². The number of nitrogens with one attached hydrogen (secondary N) is 1. The molecule has 14 heteroatoms. The number of hydrogen-bond donors (Lipinski definition) is 1. The van der Waals surface area contributed by atoms with Crippen molar-refractivity contribution in [1.29, 1.82) is 0 Å². The molecule has 8 nitrogen and oxygen atoms in total. The Hall–Kier alpha value is -3.55. The molecule has 2 heterocycles. The first-order chi connectivity index (χ1) is 15.3. The van der Waals surface area contributed by atoms with Gasteiger partial charge in [0.05, 0.1) is 12.8 Å². The van der Waals surface area contributed by atoms with Crippen molar-refractivity contribution < 1.29 is 54.9 Å². The summed E-state index contributed by atoms with van der Waals surface area (Å²) in [7, 11) is 1.41. The predicted octanol–water partition coefficient (Wildman–Crippen LogP) is 3.10. The first-order valence-corrected chi connectivity index (χ1v) is 8.97. The normalized spacial score (nSPS) is 15.5. The van der Waals surface area contributed by atoms with E-state index in [2.05, 4.69) is 19.8 Å². The Morgan fingerprint density at radius 2 is 1.67 bits per heavy atom. The van der Waals surface area contributed by atoms with E-state index in [0.29, 0.717) is 11.3 Å². The minimum absolute atomic E-state index is 0.171. The standard InChI is InChI=1S/C19H14F6N2O6/c1-30-12-4-2-3-10(7-12)13-6-5-11-8-26-9-17(31-14(11)27-13,32-15(28)18(20,21)22)33-16(29)19(23,24)25/h2-7,26H,8-9H2,1H3. The summed E-state index contributed by atoms with van der Waals surface area (Å²) < 4.78 is 94.9. The molecule has 0 amide bonds. The minimum atomic E-state index is -5.62. The lowest BCUT2D eigenvalue weighted by Gasteiger charge is -2.31. The van der Waals surface area contributed by atoms with Gasteiger partial charge >= 0.3 is 30.3 Å². The fourth-order valence-electron chi connectivity index (χ4n) is 2.70. The zero-order valence-corrected chi connectivity index (χ0v) is 16.5. The smallest absolute Gasteiger partial charge is 0.491 e. The number of fused-ring (bicyclic) bond motifs is 1. The van der Waals surface area contributed by atoms with Gasteiger partial charge in [0.2, 0.25) is 5.88 Å². The van der Waals surface area contributed by atoms with Crippen LogP contribution < -0.4 is 14.8 Å². The average molecular weight is 480 g/mol. The monoisotopic (exact) mass is 480 g/mol. The first-order valence-electron chi connectivity index (χ1n) is 8.97. The molecule has 0 saturated carbocycles. The van der Waals surface area contributed by atoms with E-state index in [4.69, 9.17) is 9.47 Å². The van der Waals surface area contributed by atoms with E-state index in [1.165, 1.54) is 19.2 Å². The van der Waals surface area contributed by atoms with Gasteiger partial charge in [0.1, 0.15) is 12.3 Å². The van der Waals surface area contributed by atoms with Crippen molar-refractivity contribution in [3.63, 3.8) is 0 Å². The van der Waals surface area contributed by atoms with Gasteiger partial charge in [-0.3, -0.25) is 0 Å². The maximum atomic E-state index is 12.8. The van der Waals surface area contributed by atoms with Gasteiger partial charge < -0.3 is 24.3 Å². The summed E-state index contributed by atoms with van der Waals surface area (Å²) in [5.74, 6) is -9.40. The largest absolute Gasteiger partial charge is 0.497 e. The molecule has 0 aliphatic carbocycles. The number of alkyl halides is 6. The lowest BCUT2D eigenvalue weighted by atomic mass is 10.1. The summed E-state index contributed by atoms with van der Waals surface area (Å²) in [4.78, 5) is 26.9. The van der Waals surface area contributed by atoms with Crippen molar-refractivity contribution in [3.8, 4) is 22.9 Å². The molecule has 0 bridgehead atoms. The van der Waals surface area contributed by atoms with Gasteiger partial charge in [-0.2, -0.15) is 26.3 Å². The second-order valence-electron chi connectivity index (χ2n) is 6.56. The number of rotatable bonds is 4. The summed E-state index contributed by atoms with van der Waals surface area (Å²) >= 11 is 0. The van der Waals surface area contributed by atoms with Crippen molar-refractivity contribution in [3.05, 3.63) is 42.0 Å². The van der Waals surface area contributed by atoms with Crippen molar-refractivity contribution in [2.75, 3.05) is 13.7 Å². The van der Waals surface area contributed by atoms with Gasteiger partial charge in [-0.25, -0.2) is 14.6 Å². The highest BCUT2D eigenvalue weighted by Crippen LogP contribution is 2.33. The molecule has 178 valence electrons. The van der Waals surface area contributed by atoms with Crippen LogP contribution in [0.5, 0.6) is 11.6 Å². The van der Waals surface area contributed by atoms with Crippen LogP contribution >= 0.6 is 0 Å².